The number of hydrogen-bond acceptors (Lipinski definition) is 2. The van der Waals surface area contributed by atoms with Crippen molar-refractivity contribution in [1.29, 1.82) is 0 Å². The second kappa shape index (κ2) is 4.39. The Labute approximate surface area is 97.4 Å². The average molecular weight is 244 g/mol. The van der Waals surface area contributed by atoms with Crippen LogP contribution in [0.5, 0.6) is 0 Å². The van der Waals surface area contributed by atoms with Gasteiger partial charge in [0.2, 0.25) is 5.91 Å². The molecule has 0 bridgehead atoms. The molecule has 0 spiro atoms. The van der Waals surface area contributed by atoms with Gasteiger partial charge in [-0.3, -0.25) is 4.79 Å². The summed E-state index contributed by atoms with van der Waals surface area (Å²) in [6.07, 6.45) is 0.281. The third-order valence-corrected chi connectivity index (χ3v) is 3.06. The van der Waals surface area contributed by atoms with Gasteiger partial charge in [-0.15, -0.1) is 0 Å². The third kappa shape index (κ3) is 1.90. The molecule has 16 heavy (non-hydrogen) atoms. The summed E-state index contributed by atoms with van der Waals surface area (Å²) in [7, 11) is 0. The largest absolute Gasteiger partial charge is 0.396 e. The SMILES string of the molecule is O=C1CC(CO)CN1c1cccc(F)c1Cl. The highest BCUT2D eigenvalue weighted by atomic mass is 35.5. The second-order valence-corrected chi connectivity index (χ2v) is 4.21. The van der Waals surface area contributed by atoms with Gasteiger partial charge in [0, 0.05) is 25.5 Å². The van der Waals surface area contributed by atoms with Gasteiger partial charge < -0.3 is 10.0 Å². The van der Waals surface area contributed by atoms with Crippen molar-refractivity contribution in [2.24, 2.45) is 5.92 Å². The first-order chi connectivity index (χ1) is 7.63. The molecule has 1 aliphatic heterocycles. The van der Waals surface area contributed by atoms with E-state index >= 15 is 0 Å². The van der Waals surface area contributed by atoms with Crippen LogP contribution in [0.1, 0.15) is 6.42 Å². The van der Waals surface area contributed by atoms with Gasteiger partial charge in [0.1, 0.15) is 10.8 Å². The van der Waals surface area contributed by atoms with Crippen molar-refractivity contribution in [1.82, 2.24) is 0 Å². The molecule has 86 valence electrons. The first-order valence-electron chi connectivity index (χ1n) is 4.98. The van der Waals surface area contributed by atoms with E-state index < -0.39 is 5.82 Å². The first-order valence-corrected chi connectivity index (χ1v) is 5.36. The standard InChI is InChI=1S/C11H11ClFNO2/c12-11-8(13)2-1-3-9(11)14-5-7(6-15)4-10(14)16/h1-3,7,15H,4-6H2. The van der Waals surface area contributed by atoms with Crippen LogP contribution in [-0.4, -0.2) is 24.2 Å². The Morgan fingerprint density at radius 3 is 2.94 bits per heavy atom. The fourth-order valence-corrected chi connectivity index (χ4v) is 2.07. The predicted octanol–water partition coefficient (Wildman–Crippen LogP) is 1.82. The summed E-state index contributed by atoms with van der Waals surface area (Å²) in [6, 6.07) is 4.36. The molecule has 0 aromatic heterocycles. The van der Waals surface area contributed by atoms with Crippen molar-refractivity contribution in [2.75, 3.05) is 18.1 Å². The Morgan fingerprint density at radius 1 is 1.56 bits per heavy atom. The van der Waals surface area contributed by atoms with E-state index in [0.29, 0.717) is 12.2 Å². The molecule has 1 aliphatic rings. The molecule has 1 unspecified atom stereocenters. The fourth-order valence-electron chi connectivity index (χ4n) is 1.84. The van der Waals surface area contributed by atoms with Gasteiger partial charge in [-0.1, -0.05) is 17.7 Å². The van der Waals surface area contributed by atoms with Crippen molar-refractivity contribution < 1.29 is 14.3 Å². The normalized spacial score (nSPS) is 20.6. The summed E-state index contributed by atoms with van der Waals surface area (Å²) in [5.74, 6) is -0.766. The highest BCUT2D eigenvalue weighted by Gasteiger charge is 2.31. The van der Waals surface area contributed by atoms with Crippen LogP contribution in [0.4, 0.5) is 10.1 Å². The lowest BCUT2D eigenvalue weighted by molar-refractivity contribution is -0.117. The molecular formula is C11H11ClFNO2. The maximum absolute atomic E-state index is 13.2. The summed E-state index contributed by atoms with van der Waals surface area (Å²) in [6.45, 7) is 0.341. The quantitative estimate of drug-likeness (QED) is 0.861. The lowest BCUT2D eigenvalue weighted by Crippen LogP contribution is -2.25. The molecule has 1 aromatic carbocycles. The maximum atomic E-state index is 13.2. The van der Waals surface area contributed by atoms with Crippen LogP contribution >= 0.6 is 11.6 Å². The molecule has 3 nitrogen and oxygen atoms in total. The van der Waals surface area contributed by atoms with Crippen LogP contribution < -0.4 is 4.90 Å². The molecule has 1 atom stereocenters. The molecule has 0 saturated carbocycles. The van der Waals surface area contributed by atoms with Crippen LogP contribution in [0.25, 0.3) is 0 Å². The smallest absolute Gasteiger partial charge is 0.227 e. The van der Waals surface area contributed by atoms with E-state index in [1.807, 2.05) is 0 Å². The number of carbonyl (C=O) groups excluding carboxylic acids is 1. The molecule has 0 aliphatic carbocycles. The Balaban J connectivity index is 2.31. The van der Waals surface area contributed by atoms with Crippen LogP contribution in [0.15, 0.2) is 18.2 Å². The lowest BCUT2D eigenvalue weighted by Gasteiger charge is -2.18. The molecular weight excluding hydrogens is 233 g/mol. The summed E-state index contributed by atoms with van der Waals surface area (Å²) < 4.78 is 13.2. The Bertz CT molecular complexity index is 424. The number of aliphatic hydroxyl groups is 1. The van der Waals surface area contributed by atoms with E-state index in [9.17, 15) is 9.18 Å². The molecule has 1 fully saturated rings. The molecule has 1 aromatic rings. The number of halogens is 2. The zero-order valence-corrected chi connectivity index (χ0v) is 9.25. The number of anilines is 1. The monoisotopic (exact) mass is 243 g/mol. The molecule has 1 saturated heterocycles. The number of hydrogen-bond donors (Lipinski definition) is 1. The fraction of sp³-hybridized carbons (Fsp3) is 0.364. The average Bonchev–Trinajstić information content (AvgIpc) is 2.64. The Hall–Kier alpha value is -1.13. The second-order valence-electron chi connectivity index (χ2n) is 3.83. The van der Waals surface area contributed by atoms with Crippen molar-refractivity contribution in [2.45, 2.75) is 6.42 Å². The van der Waals surface area contributed by atoms with Gasteiger partial charge in [-0.2, -0.15) is 0 Å². The van der Waals surface area contributed by atoms with E-state index in [0.717, 1.165) is 0 Å². The number of nitrogens with zero attached hydrogens (tertiary/aromatic N) is 1. The molecule has 1 heterocycles. The molecule has 0 radical (unpaired) electrons. The number of amides is 1. The molecule has 5 heteroatoms. The Kier molecular flexibility index (Phi) is 3.12. The molecule has 2 rings (SSSR count). The number of rotatable bonds is 2. The van der Waals surface area contributed by atoms with Crippen molar-refractivity contribution in [3.63, 3.8) is 0 Å². The summed E-state index contributed by atoms with van der Waals surface area (Å²) >= 11 is 5.80. The summed E-state index contributed by atoms with van der Waals surface area (Å²) in [5.41, 5.74) is 0.377. The van der Waals surface area contributed by atoms with E-state index in [-0.39, 0.29) is 29.9 Å². The third-order valence-electron chi connectivity index (χ3n) is 2.69. The van der Waals surface area contributed by atoms with Gasteiger partial charge in [-0.05, 0) is 12.1 Å². The topological polar surface area (TPSA) is 40.5 Å². The van der Waals surface area contributed by atoms with Gasteiger partial charge in [0.15, 0.2) is 0 Å². The van der Waals surface area contributed by atoms with Crippen molar-refractivity contribution in [3.05, 3.63) is 29.0 Å². The van der Waals surface area contributed by atoms with E-state index in [4.69, 9.17) is 16.7 Å². The van der Waals surface area contributed by atoms with E-state index in [1.165, 1.54) is 17.0 Å². The highest BCUT2D eigenvalue weighted by Crippen LogP contribution is 2.32. The van der Waals surface area contributed by atoms with Crippen LogP contribution in [0, 0.1) is 11.7 Å². The Morgan fingerprint density at radius 2 is 2.31 bits per heavy atom. The number of aliphatic hydroxyl groups excluding tert-OH is 1. The zero-order valence-electron chi connectivity index (χ0n) is 8.49. The van der Waals surface area contributed by atoms with E-state index in [1.54, 1.807) is 6.07 Å². The van der Waals surface area contributed by atoms with Crippen molar-refractivity contribution in [3.8, 4) is 0 Å². The highest BCUT2D eigenvalue weighted by molar-refractivity contribution is 6.34. The minimum Gasteiger partial charge on any atom is -0.396 e. The zero-order chi connectivity index (χ0) is 11.7. The van der Waals surface area contributed by atoms with Crippen LogP contribution in [-0.2, 0) is 4.79 Å². The van der Waals surface area contributed by atoms with Crippen LogP contribution in [0.2, 0.25) is 5.02 Å². The lowest BCUT2D eigenvalue weighted by atomic mass is 10.1. The van der Waals surface area contributed by atoms with Gasteiger partial charge in [0.05, 0.1) is 5.69 Å². The maximum Gasteiger partial charge on any atom is 0.227 e. The van der Waals surface area contributed by atoms with Crippen molar-refractivity contribution >= 4 is 23.2 Å². The van der Waals surface area contributed by atoms with Gasteiger partial charge in [0.25, 0.3) is 0 Å². The first kappa shape index (κ1) is 11.4. The van der Waals surface area contributed by atoms with E-state index in [2.05, 4.69) is 0 Å². The van der Waals surface area contributed by atoms with Gasteiger partial charge >= 0.3 is 0 Å². The minimum absolute atomic E-state index is 0.0465. The summed E-state index contributed by atoms with van der Waals surface area (Å²) in [5, 5.41) is 8.94. The summed E-state index contributed by atoms with van der Waals surface area (Å²) in [4.78, 5) is 13.1. The number of carbonyl (C=O) groups is 1. The number of benzene rings is 1. The molecule has 1 N–H and O–H groups in total. The van der Waals surface area contributed by atoms with Gasteiger partial charge in [-0.25, -0.2) is 4.39 Å². The van der Waals surface area contributed by atoms with Crippen LogP contribution in [0.3, 0.4) is 0 Å². The predicted molar refractivity (Wildman–Crippen MR) is 59.0 cm³/mol. The molecule has 1 amide bonds. The minimum atomic E-state index is -0.542.